The van der Waals surface area contributed by atoms with Crippen molar-refractivity contribution in [3.05, 3.63) is 24.8 Å². The van der Waals surface area contributed by atoms with Crippen LogP contribution >= 0.6 is 0 Å². The highest BCUT2D eigenvalue weighted by molar-refractivity contribution is 4.95. The lowest BCUT2D eigenvalue weighted by Crippen LogP contribution is -2.41. The van der Waals surface area contributed by atoms with Gasteiger partial charge in [-0.25, -0.2) is 0 Å². The van der Waals surface area contributed by atoms with Crippen molar-refractivity contribution in [1.82, 2.24) is 4.90 Å². The number of hydrogen-bond acceptors (Lipinski definition) is 2. The summed E-state index contributed by atoms with van der Waals surface area (Å²) in [5.41, 5.74) is 0. The average molecular weight is 181 g/mol. The SMILES string of the molecule is C=CCC=CC(C)N1CCOCC1. The molecule has 1 aliphatic rings. The lowest BCUT2D eigenvalue weighted by Gasteiger charge is -2.30. The van der Waals surface area contributed by atoms with Crippen LogP contribution in [0, 0.1) is 0 Å². The molecule has 2 heteroatoms. The highest BCUT2D eigenvalue weighted by Gasteiger charge is 2.13. The van der Waals surface area contributed by atoms with Crippen LogP contribution in [-0.2, 0) is 4.74 Å². The van der Waals surface area contributed by atoms with Crippen LogP contribution in [0.1, 0.15) is 13.3 Å². The molecule has 0 aromatic heterocycles. The molecule has 1 fully saturated rings. The Kier molecular flexibility index (Phi) is 4.79. The van der Waals surface area contributed by atoms with Crippen molar-refractivity contribution in [2.24, 2.45) is 0 Å². The first-order valence-electron chi connectivity index (χ1n) is 4.94. The third-order valence-corrected chi connectivity index (χ3v) is 2.34. The predicted octanol–water partition coefficient (Wildman–Crippen LogP) is 1.84. The van der Waals surface area contributed by atoms with E-state index >= 15 is 0 Å². The Balaban J connectivity index is 2.27. The van der Waals surface area contributed by atoms with Crippen molar-refractivity contribution in [2.75, 3.05) is 26.3 Å². The third kappa shape index (κ3) is 3.75. The molecule has 1 atom stereocenters. The van der Waals surface area contributed by atoms with E-state index in [0.29, 0.717) is 6.04 Å². The molecule has 0 saturated carbocycles. The summed E-state index contributed by atoms with van der Waals surface area (Å²) in [7, 11) is 0. The molecule has 1 heterocycles. The Labute approximate surface area is 80.9 Å². The standard InChI is InChI=1S/C11H19NO/c1-3-4-5-6-11(2)12-7-9-13-10-8-12/h3,5-6,11H,1,4,7-10H2,2H3. The molecule has 0 bridgehead atoms. The smallest absolute Gasteiger partial charge is 0.0594 e. The monoisotopic (exact) mass is 181 g/mol. The fraction of sp³-hybridized carbons (Fsp3) is 0.636. The van der Waals surface area contributed by atoms with Gasteiger partial charge < -0.3 is 4.74 Å². The van der Waals surface area contributed by atoms with Gasteiger partial charge in [-0.05, 0) is 13.3 Å². The molecule has 0 amide bonds. The molecular weight excluding hydrogens is 162 g/mol. The van der Waals surface area contributed by atoms with Gasteiger partial charge in [0.25, 0.3) is 0 Å². The molecular formula is C11H19NO. The summed E-state index contributed by atoms with van der Waals surface area (Å²) in [6.07, 6.45) is 7.30. The van der Waals surface area contributed by atoms with Crippen LogP contribution in [-0.4, -0.2) is 37.2 Å². The molecule has 0 aromatic rings. The van der Waals surface area contributed by atoms with Crippen LogP contribution in [0.15, 0.2) is 24.8 Å². The van der Waals surface area contributed by atoms with Crippen molar-refractivity contribution in [3.8, 4) is 0 Å². The zero-order valence-corrected chi connectivity index (χ0v) is 8.41. The fourth-order valence-electron chi connectivity index (χ4n) is 1.48. The van der Waals surface area contributed by atoms with Gasteiger partial charge in [-0.2, -0.15) is 0 Å². The molecule has 2 nitrogen and oxygen atoms in total. The van der Waals surface area contributed by atoms with Crippen molar-refractivity contribution < 1.29 is 4.74 Å². The Morgan fingerprint density at radius 2 is 2.15 bits per heavy atom. The quantitative estimate of drug-likeness (QED) is 0.614. The zero-order valence-electron chi connectivity index (χ0n) is 8.41. The summed E-state index contributed by atoms with van der Waals surface area (Å²) in [4.78, 5) is 2.43. The number of hydrogen-bond donors (Lipinski definition) is 0. The van der Waals surface area contributed by atoms with E-state index < -0.39 is 0 Å². The Bertz CT molecular complexity index is 171. The van der Waals surface area contributed by atoms with Gasteiger partial charge in [0.2, 0.25) is 0 Å². The van der Waals surface area contributed by atoms with Gasteiger partial charge >= 0.3 is 0 Å². The molecule has 1 rings (SSSR count). The molecule has 0 N–H and O–H groups in total. The van der Waals surface area contributed by atoms with E-state index in [0.717, 1.165) is 32.7 Å². The Morgan fingerprint density at radius 1 is 1.46 bits per heavy atom. The minimum atomic E-state index is 0.531. The zero-order chi connectivity index (χ0) is 9.52. The van der Waals surface area contributed by atoms with Crippen molar-refractivity contribution >= 4 is 0 Å². The summed E-state index contributed by atoms with van der Waals surface area (Å²) >= 11 is 0. The number of rotatable bonds is 4. The number of ether oxygens (including phenoxy) is 1. The van der Waals surface area contributed by atoms with Crippen molar-refractivity contribution in [3.63, 3.8) is 0 Å². The van der Waals surface area contributed by atoms with Crippen molar-refractivity contribution in [2.45, 2.75) is 19.4 Å². The van der Waals surface area contributed by atoms with Gasteiger partial charge in [-0.1, -0.05) is 18.2 Å². The maximum atomic E-state index is 5.29. The average Bonchev–Trinajstić information content (AvgIpc) is 2.19. The van der Waals surface area contributed by atoms with Crippen LogP contribution in [0.5, 0.6) is 0 Å². The van der Waals surface area contributed by atoms with Gasteiger partial charge in [0.15, 0.2) is 0 Å². The third-order valence-electron chi connectivity index (χ3n) is 2.34. The van der Waals surface area contributed by atoms with E-state index in [1.54, 1.807) is 0 Å². The van der Waals surface area contributed by atoms with Crippen LogP contribution in [0.4, 0.5) is 0 Å². The molecule has 1 unspecified atom stereocenters. The first-order chi connectivity index (χ1) is 6.34. The molecule has 0 aliphatic carbocycles. The van der Waals surface area contributed by atoms with E-state index in [2.05, 4.69) is 30.6 Å². The maximum Gasteiger partial charge on any atom is 0.0594 e. The van der Waals surface area contributed by atoms with Gasteiger partial charge in [-0.15, -0.1) is 6.58 Å². The summed E-state index contributed by atoms with van der Waals surface area (Å²) in [6, 6.07) is 0.531. The normalized spacial score (nSPS) is 21.9. The fourth-order valence-corrected chi connectivity index (χ4v) is 1.48. The molecule has 0 spiro atoms. The second-order valence-corrected chi connectivity index (χ2v) is 3.34. The Hall–Kier alpha value is -0.600. The molecule has 1 aliphatic heterocycles. The van der Waals surface area contributed by atoms with Gasteiger partial charge in [-0.3, -0.25) is 4.90 Å². The molecule has 0 radical (unpaired) electrons. The first-order valence-corrected chi connectivity index (χ1v) is 4.94. The number of allylic oxidation sites excluding steroid dienone is 2. The molecule has 0 aromatic carbocycles. The molecule has 74 valence electrons. The van der Waals surface area contributed by atoms with E-state index in [1.165, 1.54) is 0 Å². The minimum absolute atomic E-state index is 0.531. The van der Waals surface area contributed by atoms with E-state index in [4.69, 9.17) is 4.74 Å². The van der Waals surface area contributed by atoms with Crippen LogP contribution in [0.25, 0.3) is 0 Å². The number of morpholine rings is 1. The Morgan fingerprint density at radius 3 is 2.77 bits per heavy atom. The van der Waals surface area contributed by atoms with Crippen LogP contribution < -0.4 is 0 Å². The molecule has 13 heavy (non-hydrogen) atoms. The predicted molar refractivity (Wildman–Crippen MR) is 55.8 cm³/mol. The lowest BCUT2D eigenvalue weighted by molar-refractivity contribution is 0.0286. The highest BCUT2D eigenvalue weighted by Crippen LogP contribution is 2.04. The van der Waals surface area contributed by atoms with Crippen LogP contribution in [0.2, 0.25) is 0 Å². The summed E-state index contributed by atoms with van der Waals surface area (Å²) in [5, 5.41) is 0. The van der Waals surface area contributed by atoms with Gasteiger partial charge in [0.05, 0.1) is 13.2 Å². The summed E-state index contributed by atoms with van der Waals surface area (Å²) in [6.45, 7) is 9.77. The highest BCUT2D eigenvalue weighted by atomic mass is 16.5. The van der Waals surface area contributed by atoms with Gasteiger partial charge in [0.1, 0.15) is 0 Å². The summed E-state index contributed by atoms with van der Waals surface area (Å²) < 4.78 is 5.29. The van der Waals surface area contributed by atoms with E-state index in [-0.39, 0.29) is 0 Å². The van der Waals surface area contributed by atoms with Crippen LogP contribution in [0.3, 0.4) is 0 Å². The van der Waals surface area contributed by atoms with Gasteiger partial charge in [0, 0.05) is 19.1 Å². The lowest BCUT2D eigenvalue weighted by atomic mass is 10.2. The largest absolute Gasteiger partial charge is 0.379 e. The number of nitrogens with zero attached hydrogens (tertiary/aromatic N) is 1. The minimum Gasteiger partial charge on any atom is -0.379 e. The maximum absolute atomic E-state index is 5.29. The first kappa shape index (κ1) is 10.5. The van der Waals surface area contributed by atoms with E-state index in [1.807, 2.05) is 6.08 Å². The molecule has 1 saturated heterocycles. The van der Waals surface area contributed by atoms with Crippen molar-refractivity contribution in [1.29, 1.82) is 0 Å². The summed E-state index contributed by atoms with van der Waals surface area (Å²) in [5.74, 6) is 0. The topological polar surface area (TPSA) is 12.5 Å². The second kappa shape index (κ2) is 5.95. The van der Waals surface area contributed by atoms with E-state index in [9.17, 15) is 0 Å². The second-order valence-electron chi connectivity index (χ2n) is 3.34.